The maximum absolute atomic E-state index is 11.3. The smallest absolute Gasteiger partial charge is 0.294 e. The third-order valence-corrected chi connectivity index (χ3v) is 3.01. The van der Waals surface area contributed by atoms with E-state index in [1.807, 2.05) is 0 Å². The van der Waals surface area contributed by atoms with Crippen molar-refractivity contribution in [2.45, 2.75) is 12.5 Å². The Hall–Kier alpha value is -1.51. The van der Waals surface area contributed by atoms with E-state index in [-0.39, 0.29) is 24.8 Å². The molecule has 9 heteroatoms. The number of amides is 2. The summed E-state index contributed by atoms with van der Waals surface area (Å²) in [5.74, 6) is -0.224. The predicted octanol–water partition coefficient (Wildman–Crippen LogP) is -0.392. The summed E-state index contributed by atoms with van der Waals surface area (Å²) in [5.41, 5.74) is 5.12. The van der Waals surface area contributed by atoms with Crippen LogP contribution in [0.2, 0.25) is 0 Å². The largest absolute Gasteiger partial charge is 0.368 e. The first-order valence-electron chi connectivity index (χ1n) is 4.52. The summed E-state index contributed by atoms with van der Waals surface area (Å²) in [6.45, 7) is 0.125. The van der Waals surface area contributed by atoms with Gasteiger partial charge in [0.1, 0.15) is 6.04 Å². The molecule has 1 aliphatic heterocycles. The van der Waals surface area contributed by atoms with Gasteiger partial charge < -0.3 is 15.5 Å². The predicted molar refractivity (Wildman–Crippen MR) is 55.1 cm³/mol. The van der Waals surface area contributed by atoms with Crippen LogP contribution in [-0.4, -0.2) is 46.1 Å². The summed E-state index contributed by atoms with van der Waals surface area (Å²) in [6.07, 6.45) is 0.289. The van der Waals surface area contributed by atoms with E-state index in [2.05, 4.69) is 4.84 Å². The number of rotatable bonds is 6. The van der Waals surface area contributed by atoms with E-state index in [4.69, 9.17) is 5.73 Å². The Morgan fingerprint density at radius 1 is 1.75 bits per heavy atom. The van der Waals surface area contributed by atoms with Crippen molar-refractivity contribution in [1.82, 2.24) is 4.90 Å². The third kappa shape index (κ3) is 3.26. The van der Waals surface area contributed by atoms with Gasteiger partial charge in [0.05, 0.1) is 6.61 Å². The molecule has 0 aromatic carbocycles. The highest BCUT2D eigenvalue weighted by Gasteiger charge is 2.34. The lowest BCUT2D eigenvalue weighted by Gasteiger charge is -2.20. The van der Waals surface area contributed by atoms with Gasteiger partial charge in [-0.3, -0.25) is 9.59 Å². The lowest BCUT2D eigenvalue weighted by molar-refractivity contribution is -0.757. The molecule has 90 valence electrons. The van der Waals surface area contributed by atoms with Crippen LogP contribution in [-0.2, 0) is 9.63 Å². The minimum atomic E-state index is -0.897. The summed E-state index contributed by atoms with van der Waals surface area (Å²) in [7, 11) is 0. The first-order valence-corrected chi connectivity index (χ1v) is 5.51. The highest BCUT2D eigenvalue weighted by Crippen LogP contribution is 2.23. The molecular weight excluding hydrogens is 238 g/mol. The highest BCUT2D eigenvalue weighted by molar-refractivity contribution is 8.13. The van der Waals surface area contributed by atoms with Crippen LogP contribution in [0.1, 0.15) is 6.42 Å². The standard InChI is InChI=1S/C7H11N3O5S/c8-6(11)5-4-16-7(12)9(5)2-1-3-15-10(13)14/h5H,1-4H2,(H2,8,11). The molecule has 2 amide bonds. The van der Waals surface area contributed by atoms with Crippen molar-refractivity contribution in [3.05, 3.63) is 10.1 Å². The third-order valence-electron chi connectivity index (χ3n) is 2.04. The van der Waals surface area contributed by atoms with E-state index >= 15 is 0 Å². The molecule has 8 nitrogen and oxygen atoms in total. The number of primary amides is 1. The van der Waals surface area contributed by atoms with Crippen molar-refractivity contribution in [3.8, 4) is 0 Å². The first-order chi connectivity index (χ1) is 7.52. The molecule has 1 unspecified atom stereocenters. The number of thioether (sulfide) groups is 1. The van der Waals surface area contributed by atoms with Crippen molar-refractivity contribution >= 4 is 22.9 Å². The summed E-state index contributed by atoms with van der Waals surface area (Å²) in [5, 5.41) is 8.73. The van der Waals surface area contributed by atoms with E-state index in [9.17, 15) is 19.7 Å². The maximum atomic E-state index is 11.3. The van der Waals surface area contributed by atoms with Gasteiger partial charge in [-0.2, -0.15) is 0 Å². The van der Waals surface area contributed by atoms with Crippen LogP contribution in [0.5, 0.6) is 0 Å². The van der Waals surface area contributed by atoms with Gasteiger partial charge >= 0.3 is 0 Å². The zero-order valence-corrected chi connectivity index (χ0v) is 9.14. The van der Waals surface area contributed by atoms with Gasteiger partial charge in [-0.05, 0) is 6.42 Å². The van der Waals surface area contributed by atoms with Crippen LogP contribution in [0.4, 0.5) is 4.79 Å². The van der Waals surface area contributed by atoms with Gasteiger partial charge in [-0.15, -0.1) is 10.1 Å². The maximum Gasteiger partial charge on any atom is 0.294 e. The van der Waals surface area contributed by atoms with E-state index in [1.165, 1.54) is 4.90 Å². The van der Waals surface area contributed by atoms with Crippen molar-refractivity contribution in [1.29, 1.82) is 0 Å². The van der Waals surface area contributed by atoms with Crippen molar-refractivity contribution < 1.29 is 19.5 Å². The molecule has 0 aromatic rings. The molecule has 1 rings (SSSR count). The summed E-state index contributed by atoms with van der Waals surface area (Å²) < 4.78 is 0. The van der Waals surface area contributed by atoms with E-state index in [0.29, 0.717) is 5.75 Å². The van der Waals surface area contributed by atoms with Crippen LogP contribution in [0.15, 0.2) is 0 Å². The Bertz CT molecular complexity index is 310. The molecule has 1 fully saturated rings. The number of nitrogens with zero attached hydrogens (tertiary/aromatic N) is 2. The lowest BCUT2D eigenvalue weighted by Crippen LogP contribution is -2.43. The second-order valence-electron chi connectivity index (χ2n) is 3.10. The fourth-order valence-corrected chi connectivity index (χ4v) is 2.34. The average Bonchev–Trinajstić information content (AvgIpc) is 2.54. The molecule has 0 spiro atoms. The Morgan fingerprint density at radius 3 is 3.00 bits per heavy atom. The van der Waals surface area contributed by atoms with Gasteiger partial charge in [0.25, 0.3) is 10.3 Å². The van der Waals surface area contributed by atoms with Crippen LogP contribution in [0, 0.1) is 10.1 Å². The van der Waals surface area contributed by atoms with Gasteiger partial charge in [0.15, 0.2) is 0 Å². The van der Waals surface area contributed by atoms with E-state index in [0.717, 1.165) is 11.8 Å². The normalized spacial score (nSPS) is 19.9. The summed E-state index contributed by atoms with van der Waals surface area (Å²) >= 11 is 1.02. The topological polar surface area (TPSA) is 116 Å². The average molecular weight is 249 g/mol. The minimum Gasteiger partial charge on any atom is -0.368 e. The van der Waals surface area contributed by atoms with Crippen molar-refractivity contribution in [2.24, 2.45) is 5.73 Å². The molecule has 16 heavy (non-hydrogen) atoms. The molecular formula is C7H11N3O5S. The molecule has 0 aromatic heterocycles. The number of carbonyl (C=O) groups excluding carboxylic acids is 2. The zero-order valence-electron chi connectivity index (χ0n) is 8.33. The SMILES string of the molecule is NC(=O)C1CSC(=O)N1CCCO[N+](=O)[O-]. The van der Waals surface area contributed by atoms with E-state index in [1.54, 1.807) is 0 Å². The Kier molecular flexibility index (Phi) is 4.35. The number of hydrogen-bond acceptors (Lipinski definition) is 6. The molecule has 1 heterocycles. The quantitative estimate of drug-likeness (QED) is 0.389. The number of hydrogen-bond donors (Lipinski definition) is 1. The monoisotopic (exact) mass is 249 g/mol. The second-order valence-corrected chi connectivity index (χ2v) is 4.07. The minimum absolute atomic E-state index is 0.104. The summed E-state index contributed by atoms with van der Waals surface area (Å²) in [4.78, 5) is 37.6. The zero-order chi connectivity index (χ0) is 12.1. The van der Waals surface area contributed by atoms with Gasteiger partial charge in [0, 0.05) is 12.3 Å². The second kappa shape index (κ2) is 5.54. The molecule has 1 aliphatic rings. The molecule has 2 N–H and O–H groups in total. The van der Waals surface area contributed by atoms with Gasteiger partial charge in [0.2, 0.25) is 5.91 Å². The summed E-state index contributed by atoms with van der Waals surface area (Å²) in [6, 6.07) is -0.617. The molecule has 1 saturated heterocycles. The fourth-order valence-electron chi connectivity index (χ4n) is 1.31. The molecule has 1 atom stereocenters. The highest BCUT2D eigenvalue weighted by atomic mass is 32.2. The number of nitrogens with two attached hydrogens (primary N) is 1. The van der Waals surface area contributed by atoms with Crippen LogP contribution in [0.25, 0.3) is 0 Å². The lowest BCUT2D eigenvalue weighted by atomic mass is 10.2. The molecule has 0 bridgehead atoms. The fraction of sp³-hybridized carbons (Fsp3) is 0.714. The molecule has 0 radical (unpaired) electrons. The van der Waals surface area contributed by atoms with Gasteiger partial charge in [-0.1, -0.05) is 11.8 Å². The molecule has 0 saturated carbocycles. The van der Waals surface area contributed by atoms with E-state index < -0.39 is 17.0 Å². The van der Waals surface area contributed by atoms with Gasteiger partial charge in [-0.25, -0.2) is 0 Å². The molecule has 0 aliphatic carbocycles. The Balaban J connectivity index is 2.36. The van der Waals surface area contributed by atoms with Crippen molar-refractivity contribution in [2.75, 3.05) is 18.9 Å². The first kappa shape index (κ1) is 12.6. The van der Waals surface area contributed by atoms with Crippen LogP contribution in [0.3, 0.4) is 0 Å². The van der Waals surface area contributed by atoms with Crippen LogP contribution >= 0.6 is 11.8 Å². The Morgan fingerprint density at radius 2 is 2.44 bits per heavy atom. The number of carbonyl (C=O) groups is 2. The Labute approximate surface area is 95.2 Å². The van der Waals surface area contributed by atoms with Crippen molar-refractivity contribution in [3.63, 3.8) is 0 Å². The van der Waals surface area contributed by atoms with Crippen LogP contribution < -0.4 is 5.73 Å².